The minimum atomic E-state index is -0.484. The second kappa shape index (κ2) is 8.48. The normalized spacial score (nSPS) is 13.4. The van der Waals surface area contributed by atoms with Crippen LogP contribution in [0.3, 0.4) is 0 Å². The number of fused-ring (bicyclic) bond motifs is 1. The summed E-state index contributed by atoms with van der Waals surface area (Å²) in [4.78, 5) is 35.8. The highest BCUT2D eigenvalue weighted by molar-refractivity contribution is 7.98. The molecular formula is C23H19FN4O2S2. The van der Waals surface area contributed by atoms with Gasteiger partial charge in [0, 0.05) is 24.1 Å². The van der Waals surface area contributed by atoms with Gasteiger partial charge < -0.3 is 0 Å². The van der Waals surface area contributed by atoms with Gasteiger partial charge in [0.15, 0.2) is 10.3 Å². The zero-order chi connectivity index (χ0) is 22.2. The minimum Gasteiger partial charge on any atom is -0.284 e. The van der Waals surface area contributed by atoms with Crippen molar-refractivity contribution in [3.05, 3.63) is 75.8 Å². The van der Waals surface area contributed by atoms with Crippen molar-refractivity contribution in [1.29, 1.82) is 0 Å². The molecule has 4 aromatic rings. The molecule has 32 heavy (non-hydrogen) atoms. The van der Waals surface area contributed by atoms with Crippen LogP contribution in [0.1, 0.15) is 31.5 Å². The standard InChI is InChI=1S/C23H19FN4O2S2/c1-14(29)27(20-9-5-3-7-18(20)24)22-25-15(12-31-22)13-32-23-26-19-8-4-2-6-17(19)21(30)28(23)16-10-11-16/h2-9,12,16H,10-11,13H2,1H3. The number of amides is 1. The fraction of sp³-hybridized carbons (Fsp3) is 0.217. The summed E-state index contributed by atoms with van der Waals surface area (Å²) in [7, 11) is 0. The summed E-state index contributed by atoms with van der Waals surface area (Å²) in [6.07, 6.45) is 1.95. The molecule has 1 fully saturated rings. The molecule has 1 amide bonds. The molecule has 2 aromatic carbocycles. The number of carbonyl (C=O) groups is 1. The van der Waals surface area contributed by atoms with E-state index in [0.29, 0.717) is 26.9 Å². The van der Waals surface area contributed by atoms with Crippen molar-refractivity contribution < 1.29 is 9.18 Å². The first-order valence-electron chi connectivity index (χ1n) is 10.2. The van der Waals surface area contributed by atoms with Gasteiger partial charge in [-0.25, -0.2) is 14.4 Å². The topological polar surface area (TPSA) is 68.1 Å². The molecule has 0 radical (unpaired) electrons. The quantitative estimate of drug-likeness (QED) is 0.285. The Bertz CT molecular complexity index is 1380. The largest absolute Gasteiger partial charge is 0.284 e. The van der Waals surface area contributed by atoms with Crippen LogP contribution in [0.15, 0.2) is 63.9 Å². The Labute approximate surface area is 191 Å². The maximum absolute atomic E-state index is 14.3. The van der Waals surface area contributed by atoms with Crippen molar-refractivity contribution >= 4 is 50.7 Å². The molecule has 0 atom stereocenters. The monoisotopic (exact) mass is 466 g/mol. The van der Waals surface area contributed by atoms with Crippen molar-refractivity contribution in [2.45, 2.75) is 36.7 Å². The van der Waals surface area contributed by atoms with Gasteiger partial charge in [-0.1, -0.05) is 36.0 Å². The van der Waals surface area contributed by atoms with Crippen molar-refractivity contribution in [2.75, 3.05) is 4.90 Å². The van der Waals surface area contributed by atoms with Gasteiger partial charge >= 0.3 is 0 Å². The minimum absolute atomic E-state index is 0.0122. The van der Waals surface area contributed by atoms with E-state index < -0.39 is 5.82 Å². The average Bonchev–Trinajstić information content (AvgIpc) is 3.51. The Morgan fingerprint density at radius 1 is 1.19 bits per heavy atom. The van der Waals surface area contributed by atoms with Crippen LogP contribution in [0.5, 0.6) is 0 Å². The second-order valence-corrected chi connectivity index (χ2v) is 9.31. The molecule has 5 rings (SSSR count). The Hall–Kier alpha value is -3.04. The first kappa shape index (κ1) is 20.8. The summed E-state index contributed by atoms with van der Waals surface area (Å²) < 4.78 is 16.1. The van der Waals surface area contributed by atoms with Gasteiger partial charge in [-0.15, -0.1) is 11.3 Å². The van der Waals surface area contributed by atoms with Gasteiger partial charge in [-0.05, 0) is 37.1 Å². The Kier molecular flexibility index (Phi) is 5.52. The number of anilines is 2. The van der Waals surface area contributed by atoms with Crippen molar-refractivity contribution in [3.8, 4) is 0 Å². The number of thiazole rings is 1. The number of halogens is 1. The van der Waals surface area contributed by atoms with E-state index in [0.717, 1.165) is 18.5 Å². The van der Waals surface area contributed by atoms with Crippen LogP contribution in [0.4, 0.5) is 15.2 Å². The third kappa shape index (κ3) is 3.93. The van der Waals surface area contributed by atoms with E-state index in [4.69, 9.17) is 4.98 Å². The van der Waals surface area contributed by atoms with Crippen LogP contribution < -0.4 is 10.5 Å². The highest BCUT2D eigenvalue weighted by atomic mass is 32.2. The molecular weight excluding hydrogens is 447 g/mol. The van der Waals surface area contributed by atoms with E-state index >= 15 is 0 Å². The third-order valence-corrected chi connectivity index (χ3v) is 7.04. The van der Waals surface area contributed by atoms with Crippen molar-refractivity contribution in [1.82, 2.24) is 14.5 Å². The number of rotatable bonds is 6. The van der Waals surface area contributed by atoms with Crippen LogP contribution in [-0.4, -0.2) is 20.4 Å². The number of benzene rings is 2. The molecule has 1 aliphatic rings. The Morgan fingerprint density at radius 3 is 2.69 bits per heavy atom. The number of thioether (sulfide) groups is 1. The second-order valence-electron chi connectivity index (χ2n) is 7.53. The zero-order valence-corrected chi connectivity index (χ0v) is 18.8. The maximum atomic E-state index is 14.3. The van der Waals surface area contributed by atoms with Crippen molar-refractivity contribution in [3.63, 3.8) is 0 Å². The molecule has 9 heteroatoms. The lowest BCUT2D eigenvalue weighted by molar-refractivity contribution is -0.115. The van der Waals surface area contributed by atoms with Gasteiger partial charge in [-0.2, -0.15) is 0 Å². The predicted octanol–water partition coefficient (Wildman–Crippen LogP) is 5.30. The smallest absolute Gasteiger partial charge is 0.262 e. The molecule has 0 bridgehead atoms. The van der Waals surface area contributed by atoms with Gasteiger partial charge in [0.25, 0.3) is 5.56 Å². The third-order valence-electron chi connectivity index (χ3n) is 5.18. The zero-order valence-electron chi connectivity index (χ0n) is 17.2. The fourth-order valence-corrected chi connectivity index (χ4v) is 5.47. The molecule has 0 aliphatic heterocycles. The molecule has 2 aromatic heterocycles. The van der Waals surface area contributed by atoms with Crippen LogP contribution in [-0.2, 0) is 10.5 Å². The fourth-order valence-electron chi connectivity index (χ4n) is 3.53. The van der Waals surface area contributed by atoms with E-state index in [1.165, 1.54) is 41.0 Å². The van der Waals surface area contributed by atoms with E-state index in [2.05, 4.69) is 4.98 Å². The van der Waals surface area contributed by atoms with Crippen LogP contribution >= 0.6 is 23.1 Å². The molecule has 0 saturated heterocycles. The summed E-state index contributed by atoms with van der Waals surface area (Å²) >= 11 is 2.73. The lowest BCUT2D eigenvalue weighted by Crippen LogP contribution is -2.23. The molecule has 162 valence electrons. The molecule has 1 saturated carbocycles. The van der Waals surface area contributed by atoms with E-state index in [1.54, 1.807) is 22.8 Å². The van der Waals surface area contributed by atoms with Crippen molar-refractivity contribution in [2.24, 2.45) is 0 Å². The first-order valence-corrected chi connectivity index (χ1v) is 12.0. The predicted molar refractivity (Wildman–Crippen MR) is 125 cm³/mol. The average molecular weight is 467 g/mol. The Balaban J connectivity index is 1.43. The first-order chi connectivity index (χ1) is 15.5. The highest BCUT2D eigenvalue weighted by Gasteiger charge is 2.29. The number of aromatic nitrogens is 3. The molecule has 2 heterocycles. The Morgan fingerprint density at radius 2 is 1.94 bits per heavy atom. The highest BCUT2D eigenvalue weighted by Crippen LogP contribution is 2.38. The van der Waals surface area contributed by atoms with E-state index in [1.807, 2.05) is 29.6 Å². The van der Waals surface area contributed by atoms with Crippen LogP contribution in [0, 0.1) is 5.82 Å². The van der Waals surface area contributed by atoms with Gasteiger partial charge in [0.2, 0.25) is 5.91 Å². The van der Waals surface area contributed by atoms with Gasteiger partial charge in [-0.3, -0.25) is 19.1 Å². The maximum Gasteiger partial charge on any atom is 0.262 e. The van der Waals surface area contributed by atoms with Gasteiger partial charge in [0.1, 0.15) is 5.82 Å². The number of carbonyl (C=O) groups excluding carboxylic acids is 1. The molecule has 0 unspecified atom stereocenters. The van der Waals surface area contributed by atoms with Crippen LogP contribution in [0.2, 0.25) is 0 Å². The van der Waals surface area contributed by atoms with E-state index in [-0.39, 0.29) is 23.2 Å². The number of para-hydroxylation sites is 2. The van der Waals surface area contributed by atoms with Crippen LogP contribution in [0.25, 0.3) is 10.9 Å². The number of hydrogen-bond donors (Lipinski definition) is 0. The lowest BCUT2D eigenvalue weighted by Gasteiger charge is -2.18. The lowest BCUT2D eigenvalue weighted by atomic mass is 10.2. The van der Waals surface area contributed by atoms with Gasteiger partial charge in [0.05, 0.1) is 22.3 Å². The number of hydrogen-bond acceptors (Lipinski definition) is 6. The molecule has 6 nitrogen and oxygen atoms in total. The summed E-state index contributed by atoms with van der Waals surface area (Å²) in [6, 6.07) is 13.7. The summed E-state index contributed by atoms with van der Waals surface area (Å²) in [5, 5.41) is 3.55. The summed E-state index contributed by atoms with van der Waals surface area (Å²) in [6.45, 7) is 1.38. The molecule has 1 aliphatic carbocycles. The molecule has 0 N–H and O–H groups in total. The SMILES string of the molecule is CC(=O)N(c1nc(CSc2nc3ccccc3c(=O)n2C2CC2)cs1)c1ccccc1F. The number of nitrogens with zero attached hydrogens (tertiary/aromatic N) is 4. The molecule has 0 spiro atoms. The summed E-state index contributed by atoms with van der Waals surface area (Å²) in [5.74, 6) is -0.318. The summed E-state index contributed by atoms with van der Waals surface area (Å²) in [5.41, 5.74) is 1.58. The van der Waals surface area contributed by atoms with E-state index in [9.17, 15) is 14.0 Å².